The van der Waals surface area contributed by atoms with Gasteiger partial charge in [-0.3, -0.25) is 4.79 Å². The van der Waals surface area contributed by atoms with Gasteiger partial charge in [-0.1, -0.05) is 0 Å². The molecular weight excluding hydrogens is 351 g/mol. The van der Waals surface area contributed by atoms with E-state index in [2.05, 4.69) is 25.7 Å². The van der Waals surface area contributed by atoms with Crippen LogP contribution in [-0.4, -0.2) is 38.7 Å². The molecule has 2 aromatic heterocycles. The van der Waals surface area contributed by atoms with Crippen molar-refractivity contribution in [3.63, 3.8) is 0 Å². The van der Waals surface area contributed by atoms with Crippen molar-refractivity contribution in [1.29, 1.82) is 0 Å². The van der Waals surface area contributed by atoms with E-state index < -0.39 is 0 Å². The predicted molar refractivity (Wildman–Crippen MR) is 94.9 cm³/mol. The van der Waals surface area contributed by atoms with Crippen LogP contribution >= 0.6 is 24.8 Å². The van der Waals surface area contributed by atoms with Gasteiger partial charge in [-0.05, 0) is 49.9 Å². The highest BCUT2D eigenvalue weighted by molar-refractivity contribution is 5.96. The lowest BCUT2D eigenvalue weighted by atomic mass is 9.92. The smallest absolute Gasteiger partial charge is 0.228 e. The highest BCUT2D eigenvalue weighted by Gasteiger charge is 2.57. The highest BCUT2D eigenvalue weighted by atomic mass is 35.5. The Morgan fingerprint density at radius 2 is 2.12 bits per heavy atom. The lowest BCUT2D eigenvalue weighted by Crippen LogP contribution is -2.31. The third kappa shape index (κ3) is 3.38. The molecular formula is C15H20Cl2N6O. The van der Waals surface area contributed by atoms with Crippen molar-refractivity contribution in [1.82, 2.24) is 25.1 Å². The lowest BCUT2D eigenvalue weighted by Gasteiger charge is -2.23. The molecule has 1 spiro atoms. The Kier molecular flexibility index (Phi) is 5.79. The second kappa shape index (κ2) is 7.46. The molecule has 9 heteroatoms. The quantitative estimate of drug-likeness (QED) is 0.860. The number of carbonyl (C=O) groups excluding carboxylic acids is 1. The Labute approximate surface area is 152 Å². The summed E-state index contributed by atoms with van der Waals surface area (Å²) >= 11 is 0. The summed E-state index contributed by atoms with van der Waals surface area (Å²) in [6, 6.07) is 3.66. The van der Waals surface area contributed by atoms with E-state index in [1.807, 2.05) is 12.1 Å². The first-order chi connectivity index (χ1) is 10.8. The lowest BCUT2D eigenvalue weighted by molar-refractivity contribution is -0.118. The number of hydrogen-bond acceptors (Lipinski definition) is 5. The number of rotatable bonds is 3. The summed E-state index contributed by atoms with van der Waals surface area (Å²) < 4.78 is 1.56. The summed E-state index contributed by atoms with van der Waals surface area (Å²) in [6.45, 7) is 2.03. The van der Waals surface area contributed by atoms with Gasteiger partial charge in [0.15, 0.2) is 5.82 Å². The van der Waals surface area contributed by atoms with Crippen LogP contribution in [0.3, 0.4) is 0 Å². The maximum absolute atomic E-state index is 12.6. The average Bonchev–Trinajstić information content (AvgIpc) is 2.99. The minimum atomic E-state index is 0. The Morgan fingerprint density at radius 3 is 2.83 bits per heavy atom. The molecule has 130 valence electrons. The zero-order valence-corrected chi connectivity index (χ0v) is 14.6. The maximum Gasteiger partial charge on any atom is 0.228 e. The standard InChI is InChI=1S/C15H18N6O.2ClH/c22-14(11-8-15(11)3-6-16-7-4-15)20-12-2-1-5-18-13(12)21-10-17-9-19-21;;/h1-2,5,9-11,16H,3-4,6-8H2,(H,20,22);2*1H. The topological polar surface area (TPSA) is 84.7 Å². The zero-order chi connectivity index (χ0) is 15.0. The van der Waals surface area contributed by atoms with Gasteiger partial charge in [0.05, 0.1) is 5.69 Å². The first-order valence-electron chi connectivity index (χ1n) is 7.60. The van der Waals surface area contributed by atoms with Crippen molar-refractivity contribution in [2.24, 2.45) is 11.3 Å². The molecule has 2 aliphatic rings. The number of nitrogens with zero attached hydrogens (tertiary/aromatic N) is 4. The van der Waals surface area contributed by atoms with E-state index in [1.54, 1.807) is 17.2 Å². The zero-order valence-electron chi connectivity index (χ0n) is 13.0. The number of carbonyl (C=O) groups is 1. The van der Waals surface area contributed by atoms with Gasteiger partial charge in [0.25, 0.3) is 0 Å². The molecule has 2 fully saturated rings. The monoisotopic (exact) mass is 370 g/mol. The molecule has 0 bridgehead atoms. The number of nitrogens with one attached hydrogen (secondary N) is 2. The van der Waals surface area contributed by atoms with Crippen molar-refractivity contribution >= 4 is 36.4 Å². The van der Waals surface area contributed by atoms with E-state index in [-0.39, 0.29) is 42.1 Å². The fraction of sp³-hybridized carbons (Fsp3) is 0.467. The molecule has 1 saturated heterocycles. The third-order valence-corrected chi connectivity index (χ3v) is 4.79. The van der Waals surface area contributed by atoms with Crippen LogP contribution in [0.5, 0.6) is 0 Å². The van der Waals surface area contributed by atoms with Gasteiger partial charge in [0, 0.05) is 12.1 Å². The molecule has 2 N–H and O–H groups in total. The largest absolute Gasteiger partial charge is 0.323 e. The first kappa shape index (κ1) is 18.6. The highest BCUT2D eigenvalue weighted by Crippen LogP contribution is 2.58. The van der Waals surface area contributed by atoms with Gasteiger partial charge in [0.2, 0.25) is 5.91 Å². The van der Waals surface area contributed by atoms with Gasteiger partial charge in [0.1, 0.15) is 12.7 Å². The average molecular weight is 371 g/mol. The Morgan fingerprint density at radius 1 is 1.33 bits per heavy atom. The minimum Gasteiger partial charge on any atom is -0.323 e. The van der Waals surface area contributed by atoms with Crippen LogP contribution in [0, 0.1) is 11.3 Å². The van der Waals surface area contributed by atoms with Crippen LogP contribution in [0.4, 0.5) is 5.69 Å². The summed E-state index contributed by atoms with van der Waals surface area (Å²) in [5.41, 5.74) is 0.902. The maximum atomic E-state index is 12.6. The van der Waals surface area contributed by atoms with Crippen LogP contribution in [0.2, 0.25) is 0 Å². The molecule has 0 radical (unpaired) electrons. The van der Waals surface area contributed by atoms with Crippen LogP contribution in [-0.2, 0) is 4.79 Å². The normalized spacial score (nSPS) is 20.6. The van der Waals surface area contributed by atoms with E-state index in [1.165, 1.54) is 6.33 Å². The van der Waals surface area contributed by atoms with Gasteiger partial charge in [-0.15, -0.1) is 24.8 Å². The SMILES string of the molecule is Cl.Cl.O=C(Nc1cccnc1-n1cncn1)C1CC12CCNCC2. The van der Waals surface area contributed by atoms with Crippen LogP contribution in [0.1, 0.15) is 19.3 Å². The van der Waals surface area contributed by atoms with Crippen LogP contribution < -0.4 is 10.6 Å². The number of pyridine rings is 1. The van der Waals surface area contributed by atoms with Gasteiger partial charge in [-0.2, -0.15) is 5.10 Å². The van der Waals surface area contributed by atoms with E-state index in [0.29, 0.717) is 11.5 Å². The van der Waals surface area contributed by atoms with Crippen molar-refractivity contribution in [3.8, 4) is 5.82 Å². The fourth-order valence-corrected chi connectivity index (χ4v) is 3.41. The third-order valence-electron chi connectivity index (χ3n) is 4.79. The Hall–Kier alpha value is -1.70. The summed E-state index contributed by atoms with van der Waals surface area (Å²) in [6.07, 6.45) is 7.88. The van der Waals surface area contributed by atoms with Crippen molar-refractivity contribution in [3.05, 3.63) is 31.0 Å². The molecule has 0 aromatic carbocycles. The van der Waals surface area contributed by atoms with Crippen molar-refractivity contribution in [2.45, 2.75) is 19.3 Å². The van der Waals surface area contributed by atoms with Gasteiger partial charge >= 0.3 is 0 Å². The number of amides is 1. The Balaban J connectivity index is 0.00000104. The number of piperidine rings is 1. The van der Waals surface area contributed by atoms with Crippen LogP contribution in [0.15, 0.2) is 31.0 Å². The summed E-state index contributed by atoms with van der Waals surface area (Å²) in [5.74, 6) is 0.808. The molecule has 2 aromatic rings. The second-order valence-electron chi connectivity index (χ2n) is 6.07. The van der Waals surface area contributed by atoms with Gasteiger partial charge < -0.3 is 10.6 Å². The molecule has 1 aliphatic heterocycles. The first-order valence-corrected chi connectivity index (χ1v) is 7.60. The molecule has 7 nitrogen and oxygen atoms in total. The minimum absolute atomic E-state index is 0. The molecule has 24 heavy (non-hydrogen) atoms. The van der Waals surface area contributed by atoms with E-state index >= 15 is 0 Å². The molecule has 4 rings (SSSR count). The number of hydrogen-bond donors (Lipinski definition) is 2. The Bertz CT molecular complexity index is 687. The van der Waals surface area contributed by atoms with Crippen molar-refractivity contribution in [2.75, 3.05) is 18.4 Å². The van der Waals surface area contributed by atoms with E-state index in [0.717, 1.165) is 32.4 Å². The molecule has 1 saturated carbocycles. The number of anilines is 1. The summed E-state index contributed by atoms with van der Waals surface area (Å²) in [7, 11) is 0. The van der Waals surface area contributed by atoms with Gasteiger partial charge in [-0.25, -0.2) is 14.6 Å². The second-order valence-corrected chi connectivity index (χ2v) is 6.07. The van der Waals surface area contributed by atoms with Crippen LogP contribution in [0.25, 0.3) is 5.82 Å². The van der Waals surface area contributed by atoms with E-state index in [9.17, 15) is 4.79 Å². The molecule has 1 atom stereocenters. The van der Waals surface area contributed by atoms with Crippen molar-refractivity contribution < 1.29 is 4.79 Å². The summed E-state index contributed by atoms with van der Waals surface area (Å²) in [5, 5.41) is 10.5. The summed E-state index contributed by atoms with van der Waals surface area (Å²) in [4.78, 5) is 20.8. The molecule has 1 aliphatic carbocycles. The fourth-order valence-electron chi connectivity index (χ4n) is 3.41. The molecule has 1 amide bonds. The molecule has 1 unspecified atom stereocenters. The number of halogens is 2. The predicted octanol–water partition coefficient (Wildman–Crippen LogP) is 1.83. The van der Waals surface area contributed by atoms with E-state index in [4.69, 9.17) is 0 Å². The molecule has 3 heterocycles. The number of aromatic nitrogens is 4.